The summed E-state index contributed by atoms with van der Waals surface area (Å²) >= 11 is 0. The van der Waals surface area contributed by atoms with Crippen LogP contribution in [0.15, 0.2) is 53.4 Å². The molecule has 176 valence electrons. The molecule has 2 aromatic carbocycles. The molecular weight excluding hydrogens is 440 g/mol. The maximum atomic E-state index is 13.4. The summed E-state index contributed by atoms with van der Waals surface area (Å²) in [5, 5.41) is 2.93. The lowest BCUT2D eigenvalue weighted by Gasteiger charge is -2.24. The summed E-state index contributed by atoms with van der Waals surface area (Å²) in [5.41, 5.74) is 1.73. The summed E-state index contributed by atoms with van der Waals surface area (Å²) in [5.74, 6) is -1.06. The van der Waals surface area contributed by atoms with Crippen LogP contribution in [0, 0.1) is 0 Å². The third kappa shape index (κ3) is 5.21. The Morgan fingerprint density at radius 1 is 1.03 bits per heavy atom. The Balaban J connectivity index is 1.43. The van der Waals surface area contributed by atoms with E-state index in [0.717, 1.165) is 31.2 Å². The van der Waals surface area contributed by atoms with E-state index in [4.69, 9.17) is 4.74 Å². The van der Waals surface area contributed by atoms with Gasteiger partial charge in [0.25, 0.3) is 15.9 Å². The van der Waals surface area contributed by atoms with Gasteiger partial charge in [-0.2, -0.15) is 0 Å². The van der Waals surface area contributed by atoms with E-state index in [0.29, 0.717) is 12.1 Å². The maximum absolute atomic E-state index is 13.4. The highest BCUT2D eigenvalue weighted by Crippen LogP contribution is 2.36. The topological polar surface area (TPSA) is 92.8 Å². The lowest BCUT2D eigenvalue weighted by Crippen LogP contribution is -2.37. The molecule has 1 atom stereocenters. The minimum atomic E-state index is -3.86. The van der Waals surface area contributed by atoms with Crippen molar-refractivity contribution in [1.82, 2.24) is 5.32 Å². The third-order valence-corrected chi connectivity index (χ3v) is 8.25. The van der Waals surface area contributed by atoms with Crippen molar-refractivity contribution in [3.63, 3.8) is 0 Å². The van der Waals surface area contributed by atoms with Crippen LogP contribution < -0.4 is 9.62 Å². The summed E-state index contributed by atoms with van der Waals surface area (Å²) < 4.78 is 33.4. The molecule has 0 saturated heterocycles. The van der Waals surface area contributed by atoms with Crippen molar-refractivity contribution in [3.05, 3.63) is 59.7 Å². The van der Waals surface area contributed by atoms with Crippen molar-refractivity contribution in [1.29, 1.82) is 0 Å². The van der Waals surface area contributed by atoms with E-state index in [-0.39, 0.29) is 35.1 Å². The number of hydrogen-bond acceptors (Lipinski definition) is 5. The number of ether oxygens (including phenoxy) is 1. The molecule has 0 radical (unpaired) electrons. The number of nitrogens with one attached hydrogen (secondary N) is 1. The molecule has 1 amide bonds. The Kier molecular flexibility index (Phi) is 7.02. The van der Waals surface area contributed by atoms with E-state index in [1.165, 1.54) is 41.4 Å². The Labute approximate surface area is 195 Å². The second kappa shape index (κ2) is 9.95. The van der Waals surface area contributed by atoms with Crippen LogP contribution in [0.25, 0.3) is 0 Å². The van der Waals surface area contributed by atoms with Crippen LogP contribution in [0.2, 0.25) is 0 Å². The molecule has 1 N–H and O–H groups in total. The van der Waals surface area contributed by atoms with Crippen molar-refractivity contribution < 1.29 is 22.7 Å². The largest absolute Gasteiger partial charge is 0.452 e. The highest BCUT2D eigenvalue weighted by atomic mass is 32.2. The Morgan fingerprint density at radius 3 is 2.52 bits per heavy atom. The molecule has 1 heterocycles. The molecular formula is C25H30N2O5S. The maximum Gasteiger partial charge on any atom is 0.338 e. The van der Waals surface area contributed by atoms with Gasteiger partial charge in [-0.3, -0.25) is 9.10 Å². The van der Waals surface area contributed by atoms with Gasteiger partial charge in [-0.15, -0.1) is 0 Å². The fraction of sp³-hybridized carbons (Fsp3) is 0.440. The number of esters is 1. The van der Waals surface area contributed by atoms with E-state index in [1.807, 2.05) is 25.1 Å². The second-order valence-corrected chi connectivity index (χ2v) is 10.7. The van der Waals surface area contributed by atoms with Crippen LogP contribution in [-0.4, -0.2) is 39.0 Å². The van der Waals surface area contributed by atoms with Crippen molar-refractivity contribution in [2.45, 2.75) is 68.8 Å². The number of fused-ring (bicyclic) bond motifs is 1. The van der Waals surface area contributed by atoms with Gasteiger partial charge in [-0.05, 0) is 56.0 Å². The second-order valence-electron chi connectivity index (χ2n) is 8.84. The van der Waals surface area contributed by atoms with Crippen LogP contribution in [0.3, 0.4) is 0 Å². The summed E-state index contributed by atoms with van der Waals surface area (Å²) in [6, 6.07) is 13.1. The quantitative estimate of drug-likeness (QED) is 0.512. The van der Waals surface area contributed by atoms with E-state index in [2.05, 4.69) is 5.32 Å². The molecule has 4 rings (SSSR count). The Bertz CT molecular complexity index is 1120. The van der Waals surface area contributed by atoms with Gasteiger partial charge in [0.05, 0.1) is 16.1 Å². The molecule has 1 fully saturated rings. The van der Waals surface area contributed by atoms with Gasteiger partial charge < -0.3 is 10.1 Å². The van der Waals surface area contributed by atoms with Gasteiger partial charge in [-0.25, -0.2) is 13.2 Å². The zero-order valence-electron chi connectivity index (χ0n) is 18.8. The first kappa shape index (κ1) is 23.3. The lowest BCUT2D eigenvalue weighted by molar-refractivity contribution is -0.125. The third-order valence-electron chi connectivity index (χ3n) is 6.33. The Hall–Kier alpha value is -2.87. The fourth-order valence-corrected chi connectivity index (χ4v) is 6.45. The van der Waals surface area contributed by atoms with Crippen molar-refractivity contribution in [3.8, 4) is 0 Å². The van der Waals surface area contributed by atoms with Gasteiger partial charge in [0.1, 0.15) is 0 Å². The number of carbonyl (C=O) groups excluding carboxylic acids is 2. The molecule has 33 heavy (non-hydrogen) atoms. The number of para-hydroxylation sites is 1. The van der Waals surface area contributed by atoms with Crippen LogP contribution in [0.5, 0.6) is 0 Å². The van der Waals surface area contributed by atoms with E-state index in [9.17, 15) is 18.0 Å². The van der Waals surface area contributed by atoms with Gasteiger partial charge in [-0.1, -0.05) is 49.9 Å². The first-order valence-corrected chi connectivity index (χ1v) is 13.0. The average molecular weight is 471 g/mol. The average Bonchev–Trinajstić information content (AvgIpc) is 2.95. The standard InChI is InChI=1S/C25H30N2O5S/c1-18-15-19-9-6-7-14-23(19)27(18)33(30,31)22-13-8-10-20(16-22)25(29)32-17-24(28)26-21-11-4-2-3-5-12-21/h6-10,13-14,16,18,21H,2-5,11-12,15,17H2,1H3,(H,26,28)/t18-/m1/s1. The molecule has 7 nitrogen and oxygen atoms in total. The molecule has 1 aliphatic carbocycles. The van der Waals surface area contributed by atoms with Crippen LogP contribution in [0.1, 0.15) is 61.4 Å². The van der Waals surface area contributed by atoms with E-state index in [1.54, 1.807) is 6.07 Å². The first-order valence-electron chi connectivity index (χ1n) is 11.5. The van der Waals surface area contributed by atoms with Crippen molar-refractivity contribution >= 4 is 27.6 Å². The molecule has 0 spiro atoms. The molecule has 0 unspecified atom stereocenters. The summed E-state index contributed by atoms with van der Waals surface area (Å²) in [6.45, 7) is 1.48. The number of carbonyl (C=O) groups is 2. The summed E-state index contributed by atoms with van der Waals surface area (Å²) in [6.07, 6.45) is 7.06. The van der Waals surface area contributed by atoms with E-state index >= 15 is 0 Å². The minimum Gasteiger partial charge on any atom is -0.452 e. The normalized spacial score (nSPS) is 18.9. The van der Waals surface area contributed by atoms with E-state index < -0.39 is 16.0 Å². The number of rotatable bonds is 6. The zero-order chi connectivity index (χ0) is 23.4. The number of anilines is 1. The number of nitrogens with zero attached hydrogens (tertiary/aromatic N) is 1. The number of benzene rings is 2. The molecule has 0 aromatic heterocycles. The highest BCUT2D eigenvalue weighted by molar-refractivity contribution is 7.92. The highest BCUT2D eigenvalue weighted by Gasteiger charge is 2.36. The van der Waals surface area contributed by atoms with Crippen molar-refractivity contribution in [2.24, 2.45) is 0 Å². The number of sulfonamides is 1. The van der Waals surface area contributed by atoms with Gasteiger partial charge in [0.15, 0.2) is 6.61 Å². The van der Waals surface area contributed by atoms with Crippen LogP contribution in [-0.2, 0) is 26.0 Å². The molecule has 0 bridgehead atoms. The summed E-state index contributed by atoms with van der Waals surface area (Å²) in [7, 11) is -3.86. The molecule has 2 aliphatic rings. The van der Waals surface area contributed by atoms with Crippen LogP contribution >= 0.6 is 0 Å². The fourth-order valence-electron chi connectivity index (χ4n) is 4.71. The minimum absolute atomic E-state index is 0.0170. The van der Waals surface area contributed by atoms with Crippen LogP contribution in [0.4, 0.5) is 5.69 Å². The smallest absolute Gasteiger partial charge is 0.338 e. The Morgan fingerprint density at radius 2 is 1.76 bits per heavy atom. The van der Waals surface area contributed by atoms with Crippen molar-refractivity contribution in [2.75, 3.05) is 10.9 Å². The SMILES string of the molecule is C[C@@H]1Cc2ccccc2N1S(=O)(=O)c1cccc(C(=O)OCC(=O)NC2CCCCCC2)c1. The monoisotopic (exact) mass is 470 g/mol. The van der Waals surface area contributed by atoms with Gasteiger partial charge in [0.2, 0.25) is 0 Å². The zero-order valence-corrected chi connectivity index (χ0v) is 19.6. The molecule has 1 aliphatic heterocycles. The number of hydrogen-bond donors (Lipinski definition) is 1. The predicted molar refractivity (Wildman–Crippen MR) is 126 cm³/mol. The lowest BCUT2D eigenvalue weighted by atomic mass is 10.1. The summed E-state index contributed by atoms with van der Waals surface area (Å²) in [4.78, 5) is 24.8. The number of amides is 1. The van der Waals surface area contributed by atoms with Gasteiger partial charge >= 0.3 is 5.97 Å². The predicted octanol–water partition coefficient (Wildman–Crippen LogP) is 3.82. The first-order chi connectivity index (χ1) is 15.9. The molecule has 8 heteroatoms. The molecule has 1 saturated carbocycles. The van der Waals surface area contributed by atoms with Gasteiger partial charge in [0, 0.05) is 12.1 Å². The molecule has 2 aromatic rings.